The second-order valence-corrected chi connectivity index (χ2v) is 4.79. The summed E-state index contributed by atoms with van der Waals surface area (Å²) in [6.07, 6.45) is 3.83. The summed E-state index contributed by atoms with van der Waals surface area (Å²) in [7, 11) is 4.11. The number of aromatic amines is 1. The van der Waals surface area contributed by atoms with E-state index in [2.05, 4.69) is 24.0 Å². The molecule has 1 aliphatic rings. The Labute approximate surface area is 94.1 Å². The smallest absolute Gasteiger partial charge is 0.127 e. The van der Waals surface area contributed by atoms with Gasteiger partial charge in [-0.25, -0.2) is 4.39 Å². The molecule has 16 heavy (non-hydrogen) atoms. The van der Waals surface area contributed by atoms with E-state index in [0.717, 1.165) is 29.3 Å². The third-order valence-electron chi connectivity index (χ3n) is 3.60. The Kier molecular flexibility index (Phi) is 2.04. The second-order valence-electron chi connectivity index (χ2n) is 4.79. The number of benzene rings is 1. The van der Waals surface area contributed by atoms with E-state index in [-0.39, 0.29) is 5.82 Å². The molecule has 84 valence electrons. The molecule has 3 heteroatoms. The predicted molar refractivity (Wildman–Crippen MR) is 63.1 cm³/mol. The molecule has 0 saturated carbocycles. The maximum Gasteiger partial charge on any atom is 0.127 e. The summed E-state index contributed by atoms with van der Waals surface area (Å²) in [6.45, 7) is 0. The number of halogens is 1. The van der Waals surface area contributed by atoms with Crippen LogP contribution in [0.1, 0.15) is 11.1 Å². The van der Waals surface area contributed by atoms with E-state index >= 15 is 0 Å². The van der Waals surface area contributed by atoms with Gasteiger partial charge in [0, 0.05) is 23.1 Å². The molecule has 2 aromatic rings. The van der Waals surface area contributed by atoms with E-state index < -0.39 is 0 Å². The average molecular weight is 218 g/mol. The minimum atomic E-state index is -0.0695. The number of hydrogen-bond acceptors (Lipinski definition) is 1. The lowest BCUT2D eigenvalue weighted by atomic mass is 9.88. The quantitative estimate of drug-likeness (QED) is 0.778. The molecule has 1 aromatic carbocycles. The van der Waals surface area contributed by atoms with Gasteiger partial charge in [0.05, 0.1) is 0 Å². The topological polar surface area (TPSA) is 19.0 Å². The van der Waals surface area contributed by atoms with Crippen molar-refractivity contribution in [1.29, 1.82) is 0 Å². The van der Waals surface area contributed by atoms with Crippen molar-refractivity contribution >= 4 is 10.9 Å². The van der Waals surface area contributed by atoms with E-state index in [1.807, 2.05) is 12.3 Å². The highest BCUT2D eigenvalue weighted by molar-refractivity contribution is 5.87. The van der Waals surface area contributed by atoms with Crippen molar-refractivity contribution in [2.75, 3.05) is 14.1 Å². The Morgan fingerprint density at radius 2 is 2.12 bits per heavy atom. The summed E-state index contributed by atoms with van der Waals surface area (Å²) < 4.78 is 13.8. The van der Waals surface area contributed by atoms with Crippen LogP contribution < -0.4 is 0 Å². The van der Waals surface area contributed by atoms with Crippen LogP contribution in [-0.2, 0) is 12.8 Å². The summed E-state index contributed by atoms with van der Waals surface area (Å²) in [5.74, 6) is -0.0695. The van der Waals surface area contributed by atoms with E-state index in [4.69, 9.17) is 0 Å². The number of nitrogens with one attached hydrogen (secondary N) is 1. The van der Waals surface area contributed by atoms with Gasteiger partial charge < -0.3 is 9.88 Å². The van der Waals surface area contributed by atoms with Crippen LogP contribution in [0.4, 0.5) is 4.39 Å². The highest BCUT2D eigenvalue weighted by atomic mass is 19.1. The first kappa shape index (κ1) is 9.85. The van der Waals surface area contributed by atoms with Gasteiger partial charge in [-0.15, -0.1) is 0 Å². The Morgan fingerprint density at radius 3 is 2.88 bits per heavy atom. The predicted octanol–water partition coefficient (Wildman–Crippen LogP) is 2.34. The number of nitrogens with zero attached hydrogens (tertiary/aromatic N) is 1. The minimum absolute atomic E-state index is 0.0695. The Bertz CT molecular complexity index is 542. The highest BCUT2D eigenvalue weighted by Crippen LogP contribution is 2.32. The maximum atomic E-state index is 13.8. The lowest BCUT2D eigenvalue weighted by molar-refractivity contribution is 0.285. The first-order valence-corrected chi connectivity index (χ1v) is 5.60. The fraction of sp³-hybridized carbons (Fsp3) is 0.385. The number of aromatic nitrogens is 1. The summed E-state index contributed by atoms with van der Waals surface area (Å²) in [6, 6.07) is 3.80. The van der Waals surface area contributed by atoms with Crippen LogP contribution in [0.3, 0.4) is 0 Å². The highest BCUT2D eigenvalue weighted by Gasteiger charge is 2.25. The first-order valence-electron chi connectivity index (χ1n) is 5.60. The fourth-order valence-electron chi connectivity index (χ4n) is 2.63. The van der Waals surface area contributed by atoms with Crippen LogP contribution in [0, 0.1) is 5.82 Å². The summed E-state index contributed by atoms with van der Waals surface area (Å²) >= 11 is 0. The molecule has 0 amide bonds. The molecule has 1 atom stereocenters. The Balaban J connectivity index is 2.21. The zero-order chi connectivity index (χ0) is 11.3. The number of likely N-dealkylation sites (N-methyl/N-ethyl adjacent to an activating group) is 1. The Morgan fingerprint density at radius 1 is 1.31 bits per heavy atom. The largest absolute Gasteiger partial charge is 0.361 e. The van der Waals surface area contributed by atoms with Crippen molar-refractivity contribution in [2.24, 2.45) is 0 Å². The fourth-order valence-corrected chi connectivity index (χ4v) is 2.63. The molecular formula is C13H15FN2. The molecule has 1 unspecified atom stereocenters. The number of hydrogen-bond donors (Lipinski definition) is 1. The number of H-pyrrole nitrogens is 1. The van der Waals surface area contributed by atoms with Crippen molar-refractivity contribution in [3.05, 3.63) is 35.3 Å². The molecule has 2 nitrogen and oxygen atoms in total. The van der Waals surface area contributed by atoms with Crippen LogP contribution in [0.25, 0.3) is 10.9 Å². The van der Waals surface area contributed by atoms with Gasteiger partial charge in [0.1, 0.15) is 5.82 Å². The van der Waals surface area contributed by atoms with Crippen molar-refractivity contribution < 1.29 is 4.39 Å². The lowest BCUT2D eigenvalue weighted by Crippen LogP contribution is -2.34. The molecule has 1 aromatic heterocycles. The first-order chi connectivity index (χ1) is 7.66. The van der Waals surface area contributed by atoms with Gasteiger partial charge in [0.25, 0.3) is 0 Å². The van der Waals surface area contributed by atoms with Crippen molar-refractivity contribution in [3.63, 3.8) is 0 Å². The molecule has 0 bridgehead atoms. The van der Waals surface area contributed by atoms with Gasteiger partial charge in [-0.1, -0.05) is 0 Å². The van der Waals surface area contributed by atoms with Crippen LogP contribution in [-0.4, -0.2) is 30.0 Å². The van der Waals surface area contributed by atoms with Gasteiger partial charge in [0.15, 0.2) is 0 Å². The zero-order valence-corrected chi connectivity index (χ0v) is 9.55. The van der Waals surface area contributed by atoms with Gasteiger partial charge in [0.2, 0.25) is 0 Å². The molecule has 1 aliphatic carbocycles. The van der Waals surface area contributed by atoms with Gasteiger partial charge in [-0.3, -0.25) is 0 Å². The lowest BCUT2D eigenvalue weighted by Gasteiger charge is -2.28. The second kappa shape index (κ2) is 3.32. The van der Waals surface area contributed by atoms with Crippen molar-refractivity contribution in [3.8, 4) is 0 Å². The standard InChI is InChI=1S/C13H15FN2/c1-16(2)9-5-8-7-15-12-4-3-11(14)10(6-9)13(8)12/h3-4,7,9,15H,5-6H2,1-2H3. The van der Waals surface area contributed by atoms with E-state index in [1.54, 1.807) is 6.07 Å². The summed E-state index contributed by atoms with van der Waals surface area (Å²) in [4.78, 5) is 5.40. The van der Waals surface area contributed by atoms with Crippen LogP contribution in [0.15, 0.2) is 18.3 Å². The SMILES string of the molecule is CN(C)C1Cc2c[nH]c3ccc(F)c(c23)C1. The molecular weight excluding hydrogens is 203 g/mol. The molecule has 0 fully saturated rings. The molecule has 0 radical (unpaired) electrons. The van der Waals surface area contributed by atoms with Crippen LogP contribution >= 0.6 is 0 Å². The maximum absolute atomic E-state index is 13.8. The van der Waals surface area contributed by atoms with Crippen LogP contribution in [0.5, 0.6) is 0 Å². The normalized spacial score (nSPS) is 19.6. The zero-order valence-electron chi connectivity index (χ0n) is 9.55. The third-order valence-corrected chi connectivity index (χ3v) is 3.60. The van der Waals surface area contributed by atoms with E-state index in [9.17, 15) is 4.39 Å². The van der Waals surface area contributed by atoms with Crippen molar-refractivity contribution in [1.82, 2.24) is 9.88 Å². The minimum Gasteiger partial charge on any atom is -0.361 e. The molecule has 0 aliphatic heterocycles. The summed E-state index contributed by atoms with van der Waals surface area (Å²) in [5, 5.41) is 1.11. The molecule has 1 N–H and O–H groups in total. The Hall–Kier alpha value is -1.35. The third kappa shape index (κ3) is 1.28. The monoisotopic (exact) mass is 218 g/mol. The van der Waals surface area contributed by atoms with Crippen LogP contribution in [0.2, 0.25) is 0 Å². The molecule has 0 spiro atoms. The van der Waals surface area contributed by atoms with E-state index in [1.165, 1.54) is 5.56 Å². The average Bonchev–Trinajstić information content (AvgIpc) is 2.67. The molecule has 0 saturated heterocycles. The van der Waals surface area contributed by atoms with Gasteiger partial charge >= 0.3 is 0 Å². The van der Waals surface area contributed by atoms with Gasteiger partial charge in [-0.05, 0) is 50.2 Å². The summed E-state index contributed by atoms with van der Waals surface area (Å²) in [5.41, 5.74) is 3.18. The van der Waals surface area contributed by atoms with Crippen molar-refractivity contribution in [2.45, 2.75) is 18.9 Å². The molecule has 1 heterocycles. The van der Waals surface area contributed by atoms with Gasteiger partial charge in [-0.2, -0.15) is 0 Å². The van der Waals surface area contributed by atoms with E-state index in [0.29, 0.717) is 6.04 Å². The number of rotatable bonds is 1. The molecule has 3 rings (SSSR count).